The van der Waals surface area contributed by atoms with E-state index in [0.717, 1.165) is 5.56 Å². The average molecular weight is 367 g/mol. The molecule has 0 amide bonds. The van der Waals surface area contributed by atoms with Crippen LogP contribution in [0.3, 0.4) is 0 Å². The molecule has 0 bridgehead atoms. The fourth-order valence-electron chi connectivity index (χ4n) is 2.34. The molecule has 0 aliphatic heterocycles. The van der Waals surface area contributed by atoms with Crippen molar-refractivity contribution < 1.29 is 9.13 Å². The molecule has 1 N–H and O–H groups in total. The fourth-order valence-corrected chi connectivity index (χ4v) is 3.15. The van der Waals surface area contributed by atoms with E-state index in [1.54, 1.807) is 43.5 Å². The van der Waals surface area contributed by atoms with E-state index in [1.807, 2.05) is 6.07 Å². The summed E-state index contributed by atoms with van der Waals surface area (Å²) in [6.07, 6.45) is 0. The maximum Gasteiger partial charge on any atom is 0.270 e. The van der Waals surface area contributed by atoms with E-state index in [0.29, 0.717) is 27.9 Å². The van der Waals surface area contributed by atoms with Crippen LogP contribution in [0.25, 0.3) is 11.3 Å². The van der Waals surface area contributed by atoms with Gasteiger partial charge in [0.2, 0.25) is 0 Å². The van der Waals surface area contributed by atoms with Gasteiger partial charge in [-0.2, -0.15) is 5.26 Å². The highest BCUT2D eigenvalue weighted by Gasteiger charge is 2.14. The van der Waals surface area contributed by atoms with Crippen molar-refractivity contribution in [1.29, 1.82) is 5.26 Å². The quantitative estimate of drug-likeness (QED) is 0.549. The molecule has 0 aliphatic rings. The van der Waals surface area contributed by atoms with Gasteiger partial charge >= 0.3 is 0 Å². The van der Waals surface area contributed by atoms with Gasteiger partial charge in [0.15, 0.2) is 5.16 Å². The van der Waals surface area contributed by atoms with Gasteiger partial charge in [-0.1, -0.05) is 36.0 Å². The standard InChI is InChI=1S/C19H14FN3O2S/c1-25-15-4-2-3-13(9-15)17-16(10-21)18(24)23-19(22-17)26-11-12-5-7-14(20)8-6-12/h2-9H,11H2,1H3,(H,22,23,24). The zero-order valence-corrected chi connectivity index (χ0v) is 14.6. The molecule has 7 heteroatoms. The average Bonchev–Trinajstić information content (AvgIpc) is 2.67. The summed E-state index contributed by atoms with van der Waals surface area (Å²) < 4.78 is 18.2. The second-order valence-corrected chi connectivity index (χ2v) is 6.32. The molecule has 26 heavy (non-hydrogen) atoms. The first-order chi connectivity index (χ1) is 12.6. The number of nitrogens with one attached hydrogen (secondary N) is 1. The minimum absolute atomic E-state index is 0.0515. The van der Waals surface area contributed by atoms with Gasteiger partial charge < -0.3 is 9.72 Å². The summed E-state index contributed by atoms with van der Waals surface area (Å²) in [6.45, 7) is 0. The molecular formula is C19H14FN3O2S. The highest BCUT2D eigenvalue weighted by Crippen LogP contribution is 2.26. The van der Waals surface area contributed by atoms with Gasteiger partial charge in [0.1, 0.15) is 23.2 Å². The smallest absolute Gasteiger partial charge is 0.270 e. The van der Waals surface area contributed by atoms with E-state index in [2.05, 4.69) is 9.97 Å². The number of methoxy groups -OCH3 is 1. The summed E-state index contributed by atoms with van der Waals surface area (Å²) in [5.74, 6) is 0.810. The normalized spacial score (nSPS) is 10.3. The number of aromatic nitrogens is 2. The number of hydrogen-bond acceptors (Lipinski definition) is 5. The first-order valence-electron chi connectivity index (χ1n) is 7.67. The molecule has 2 aromatic carbocycles. The topological polar surface area (TPSA) is 78.8 Å². The number of nitriles is 1. The van der Waals surface area contributed by atoms with Crippen molar-refractivity contribution in [3.05, 3.63) is 75.8 Å². The van der Waals surface area contributed by atoms with Gasteiger partial charge in [0.25, 0.3) is 5.56 Å². The van der Waals surface area contributed by atoms with Crippen molar-refractivity contribution in [2.45, 2.75) is 10.9 Å². The largest absolute Gasteiger partial charge is 0.497 e. The molecule has 5 nitrogen and oxygen atoms in total. The van der Waals surface area contributed by atoms with Crippen molar-refractivity contribution in [3.8, 4) is 23.1 Å². The fraction of sp³-hybridized carbons (Fsp3) is 0.105. The Morgan fingerprint density at radius 3 is 2.73 bits per heavy atom. The molecule has 3 rings (SSSR count). The first-order valence-corrected chi connectivity index (χ1v) is 8.65. The molecule has 130 valence electrons. The lowest BCUT2D eigenvalue weighted by Crippen LogP contribution is -2.14. The van der Waals surface area contributed by atoms with Crippen LogP contribution in [0.2, 0.25) is 0 Å². The Morgan fingerprint density at radius 2 is 2.04 bits per heavy atom. The molecule has 0 saturated carbocycles. The van der Waals surface area contributed by atoms with Gasteiger partial charge in [-0.15, -0.1) is 0 Å². The van der Waals surface area contributed by atoms with Gasteiger partial charge in [0.05, 0.1) is 12.8 Å². The minimum Gasteiger partial charge on any atom is -0.497 e. The lowest BCUT2D eigenvalue weighted by molar-refractivity contribution is 0.415. The number of nitrogens with zero attached hydrogens (tertiary/aromatic N) is 2. The van der Waals surface area contributed by atoms with Gasteiger partial charge in [-0.05, 0) is 29.8 Å². The molecule has 0 atom stereocenters. The van der Waals surface area contributed by atoms with Crippen LogP contribution in [0, 0.1) is 17.1 Å². The summed E-state index contributed by atoms with van der Waals surface area (Å²) in [7, 11) is 1.54. The van der Waals surface area contributed by atoms with Crippen LogP contribution in [-0.4, -0.2) is 17.1 Å². The third-order valence-corrected chi connectivity index (χ3v) is 4.59. The van der Waals surface area contributed by atoms with E-state index in [1.165, 1.54) is 23.9 Å². The number of aromatic amines is 1. The van der Waals surface area contributed by atoms with Crippen molar-refractivity contribution >= 4 is 11.8 Å². The molecule has 0 spiro atoms. The molecule has 0 fully saturated rings. The zero-order valence-electron chi connectivity index (χ0n) is 13.8. The van der Waals surface area contributed by atoms with E-state index >= 15 is 0 Å². The highest BCUT2D eigenvalue weighted by molar-refractivity contribution is 7.98. The highest BCUT2D eigenvalue weighted by atomic mass is 32.2. The maximum atomic E-state index is 13.0. The Kier molecular flexibility index (Phi) is 5.34. The number of benzene rings is 2. The molecule has 1 aromatic heterocycles. The summed E-state index contributed by atoms with van der Waals surface area (Å²) in [5, 5.41) is 9.71. The van der Waals surface area contributed by atoms with Crippen molar-refractivity contribution in [1.82, 2.24) is 9.97 Å². The van der Waals surface area contributed by atoms with Crippen LogP contribution in [0.5, 0.6) is 5.75 Å². The van der Waals surface area contributed by atoms with Crippen molar-refractivity contribution in [3.63, 3.8) is 0 Å². The van der Waals surface area contributed by atoms with Crippen LogP contribution in [-0.2, 0) is 5.75 Å². The first kappa shape index (κ1) is 17.7. The molecule has 0 unspecified atom stereocenters. The third-order valence-electron chi connectivity index (χ3n) is 3.64. The summed E-state index contributed by atoms with van der Waals surface area (Å²) in [4.78, 5) is 19.3. The van der Waals surface area contributed by atoms with E-state index < -0.39 is 5.56 Å². The number of thioether (sulfide) groups is 1. The van der Waals surface area contributed by atoms with Crippen LogP contribution < -0.4 is 10.3 Å². The number of H-pyrrole nitrogens is 1. The molecular weight excluding hydrogens is 353 g/mol. The van der Waals surface area contributed by atoms with Gasteiger partial charge in [0, 0.05) is 11.3 Å². The Bertz CT molecular complexity index is 1030. The van der Waals surface area contributed by atoms with E-state index in [-0.39, 0.29) is 11.4 Å². The van der Waals surface area contributed by atoms with Crippen LogP contribution in [0.15, 0.2) is 58.5 Å². The predicted octanol–water partition coefficient (Wildman–Crippen LogP) is 3.75. The predicted molar refractivity (Wildman–Crippen MR) is 97.5 cm³/mol. The Hall–Kier alpha value is -3.11. The molecule has 0 aliphatic carbocycles. The molecule has 0 saturated heterocycles. The van der Waals surface area contributed by atoms with Gasteiger partial charge in [-0.3, -0.25) is 4.79 Å². The minimum atomic E-state index is -0.498. The molecule has 0 radical (unpaired) electrons. The Labute approximate surface area is 153 Å². The second-order valence-electron chi connectivity index (χ2n) is 5.35. The lowest BCUT2D eigenvalue weighted by atomic mass is 10.1. The number of rotatable bonds is 5. The summed E-state index contributed by atoms with van der Waals surface area (Å²) in [5.41, 5.74) is 1.27. The van der Waals surface area contributed by atoms with E-state index in [4.69, 9.17) is 4.74 Å². The van der Waals surface area contributed by atoms with Crippen LogP contribution in [0.1, 0.15) is 11.1 Å². The summed E-state index contributed by atoms with van der Waals surface area (Å²) in [6, 6.07) is 15.0. The van der Waals surface area contributed by atoms with E-state index in [9.17, 15) is 14.4 Å². The Balaban J connectivity index is 1.95. The monoisotopic (exact) mass is 367 g/mol. The Morgan fingerprint density at radius 1 is 1.27 bits per heavy atom. The molecule has 1 heterocycles. The maximum absolute atomic E-state index is 13.0. The number of ether oxygens (including phenoxy) is 1. The number of halogens is 1. The lowest BCUT2D eigenvalue weighted by Gasteiger charge is -2.08. The number of hydrogen-bond donors (Lipinski definition) is 1. The van der Waals surface area contributed by atoms with Crippen molar-refractivity contribution in [2.24, 2.45) is 0 Å². The second kappa shape index (κ2) is 7.85. The zero-order chi connectivity index (χ0) is 18.5. The van der Waals surface area contributed by atoms with Crippen molar-refractivity contribution in [2.75, 3.05) is 7.11 Å². The van der Waals surface area contributed by atoms with Crippen LogP contribution in [0.4, 0.5) is 4.39 Å². The third kappa shape index (κ3) is 3.92. The summed E-state index contributed by atoms with van der Waals surface area (Å²) >= 11 is 1.30. The van der Waals surface area contributed by atoms with Gasteiger partial charge in [-0.25, -0.2) is 9.37 Å². The van der Waals surface area contributed by atoms with Crippen LogP contribution >= 0.6 is 11.8 Å². The SMILES string of the molecule is COc1cccc(-c2nc(SCc3ccc(F)cc3)[nH]c(=O)c2C#N)c1. The molecule has 3 aromatic rings.